The van der Waals surface area contributed by atoms with E-state index in [9.17, 15) is 4.79 Å². The summed E-state index contributed by atoms with van der Waals surface area (Å²) in [6.07, 6.45) is 1.83. The second-order valence-electron chi connectivity index (χ2n) is 9.08. The summed E-state index contributed by atoms with van der Waals surface area (Å²) in [7, 11) is 3.29. The van der Waals surface area contributed by atoms with E-state index in [4.69, 9.17) is 14.2 Å². The van der Waals surface area contributed by atoms with E-state index in [-0.39, 0.29) is 11.9 Å². The lowest BCUT2D eigenvalue weighted by Crippen LogP contribution is -2.81. The Bertz CT molecular complexity index is 872. The highest BCUT2D eigenvalue weighted by atomic mass is 16.5. The van der Waals surface area contributed by atoms with Gasteiger partial charge >= 0.3 is 0 Å². The van der Waals surface area contributed by atoms with Crippen molar-refractivity contribution >= 4 is 5.91 Å². The van der Waals surface area contributed by atoms with Crippen LogP contribution in [0.4, 0.5) is 0 Å². The number of hydrogen-bond acceptors (Lipinski definition) is 4. The molecule has 0 aromatic heterocycles. The van der Waals surface area contributed by atoms with Gasteiger partial charge in [-0.05, 0) is 44.0 Å². The smallest absolute Gasteiger partial charge is 0.254 e. The molecule has 1 aliphatic heterocycles. The van der Waals surface area contributed by atoms with Gasteiger partial charge in [0.05, 0.1) is 26.8 Å². The minimum absolute atomic E-state index is 0.0414. The largest absolute Gasteiger partial charge is 0.493 e. The lowest BCUT2D eigenvalue weighted by Gasteiger charge is -2.31. The van der Waals surface area contributed by atoms with Crippen molar-refractivity contribution in [2.75, 3.05) is 47.1 Å². The van der Waals surface area contributed by atoms with Crippen molar-refractivity contribution in [3.8, 4) is 11.5 Å². The number of nitrogens with zero attached hydrogens (tertiary/aromatic N) is 1. The zero-order chi connectivity index (χ0) is 23.6. The van der Waals surface area contributed by atoms with Gasteiger partial charge in [-0.25, -0.2) is 0 Å². The maximum Gasteiger partial charge on any atom is 0.254 e. The standard InChI is InChI=1S/C27H38N2O4/c1-20(2)29(19-24-18-28-17-23(24)15-21-9-6-5-7-10-21)27(30)22-11-12-25(32-4)26(16-22)33-14-8-13-31-3/h5-7,9-12,16,20,23-24,28H,8,13-15,17-19H2,1-4H3/p+1/t23-,24+/m1/s1. The summed E-state index contributed by atoms with van der Waals surface area (Å²) in [5.41, 5.74) is 2.00. The fraction of sp³-hybridized carbons (Fsp3) is 0.519. The first-order valence-electron chi connectivity index (χ1n) is 12.0. The number of methoxy groups -OCH3 is 2. The van der Waals surface area contributed by atoms with Gasteiger partial charge in [-0.2, -0.15) is 0 Å². The van der Waals surface area contributed by atoms with Crippen LogP contribution in [0.25, 0.3) is 0 Å². The van der Waals surface area contributed by atoms with Crippen molar-refractivity contribution < 1.29 is 24.3 Å². The van der Waals surface area contributed by atoms with Crippen LogP contribution in [0.3, 0.4) is 0 Å². The molecule has 0 spiro atoms. The average molecular weight is 456 g/mol. The molecule has 0 radical (unpaired) electrons. The molecule has 0 unspecified atom stereocenters. The fourth-order valence-corrected chi connectivity index (χ4v) is 4.55. The lowest BCUT2D eigenvalue weighted by atomic mass is 9.89. The molecule has 1 aliphatic rings. The van der Waals surface area contributed by atoms with Crippen LogP contribution in [0.15, 0.2) is 48.5 Å². The quantitative estimate of drug-likeness (QED) is 0.500. The summed E-state index contributed by atoms with van der Waals surface area (Å²) in [5.74, 6) is 2.31. The molecule has 3 rings (SSSR count). The predicted octanol–water partition coefficient (Wildman–Crippen LogP) is 3.01. The van der Waals surface area contributed by atoms with Crippen LogP contribution in [0, 0.1) is 11.8 Å². The Hall–Kier alpha value is -2.57. The van der Waals surface area contributed by atoms with E-state index in [1.807, 2.05) is 23.1 Å². The zero-order valence-electron chi connectivity index (χ0n) is 20.5. The number of nitrogens with two attached hydrogens (primary N) is 1. The first-order chi connectivity index (χ1) is 16.0. The Labute approximate surface area is 198 Å². The topological polar surface area (TPSA) is 64.6 Å². The Kier molecular flexibility index (Phi) is 9.58. The van der Waals surface area contributed by atoms with Crippen molar-refractivity contribution in [3.05, 3.63) is 59.7 Å². The molecular formula is C27H39N2O4+. The molecule has 180 valence electrons. The fourth-order valence-electron chi connectivity index (χ4n) is 4.55. The Morgan fingerprint density at radius 3 is 2.48 bits per heavy atom. The molecule has 0 bridgehead atoms. The Morgan fingerprint density at radius 1 is 1.03 bits per heavy atom. The van der Waals surface area contributed by atoms with E-state index >= 15 is 0 Å². The third-order valence-corrected chi connectivity index (χ3v) is 6.42. The zero-order valence-corrected chi connectivity index (χ0v) is 20.5. The molecule has 6 heteroatoms. The van der Waals surface area contributed by atoms with Crippen LogP contribution < -0.4 is 14.8 Å². The van der Waals surface area contributed by atoms with Crippen LogP contribution in [0.2, 0.25) is 0 Å². The number of quaternary nitrogens is 1. The van der Waals surface area contributed by atoms with Gasteiger partial charge in [0.2, 0.25) is 0 Å². The van der Waals surface area contributed by atoms with Crippen LogP contribution >= 0.6 is 0 Å². The summed E-state index contributed by atoms with van der Waals surface area (Å²) < 4.78 is 16.4. The molecule has 1 amide bonds. The van der Waals surface area contributed by atoms with Crippen molar-refractivity contribution in [2.24, 2.45) is 11.8 Å². The van der Waals surface area contributed by atoms with Gasteiger partial charge in [0, 0.05) is 50.1 Å². The van der Waals surface area contributed by atoms with E-state index in [1.165, 1.54) is 5.56 Å². The summed E-state index contributed by atoms with van der Waals surface area (Å²) in [5, 5.41) is 2.39. The number of ether oxygens (including phenoxy) is 3. The lowest BCUT2D eigenvalue weighted by molar-refractivity contribution is -0.640. The van der Waals surface area contributed by atoms with Crippen molar-refractivity contribution in [1.29, 1.82) is 0 Å². The Morgan fingerprint density at radius 2 is 1.79 bits per heavy atom. The SMILES string of the molecule is COCCCOc1cc(C(=O)N(C[C@@H]2C[NH2+]C[C@H]2Cc2ccccc2)C(C)C)ccc1OC. The molecule has 1 heterocycles. The molecule has 2 atom stereocenters. The van der Waals surface area contributed by atoms with E-state index in [2.05, 4.69) is 49.5 Å². The van der Waals surface area contributed by atoms with Crippen molar-refractivity contribution in [3.63, 3.8) is 0 Å². The van der Waals surface area contributed by atoms with E-state index in [1.54, 1.807) is 14.2 Å². The third-order valence-electron chi connectivity index (χ3n) is 6.42. The summed E-state index contributed by atoms with van der Waals surface area (Å²) in [6, 6.07) is 16.2. The second kappa shape index (κ2) is 12.6. The Balaban J connectivity index is 1.71. The van der Waals surface area contributed by atoms with Crippen molar-refractivity contribution in [1.82, 2.24) is 4.90 Å². The summed E-state index contributed by atoms with van der Waals surface area (Å²) in [6.45, 7) is 8.26. The molecular weight excluding hydrogens is 416 g/mol. The van der Waals surface area contributed by atoms with Crippen LogP contribution in [0.5, 0.6) is 11.5 Å². The van der Waals surface area contributed by atoms with Gasteiger partial charge in [0.25, 0.3) is 5.91 Å². The number of carbonyl (C=O) groups excluding carboxylic acids is 1. The normalized spacial score (nSPS) is 17.8. The molecule has 2 aromatic carbocycles. The maximum absolute atomic E-state index is 13.6. The number of amides is 1. The monoisotopic (exact) mass is 455 g/mol. The predicted molar refractivity (Wildman–Crippen MR) is 130 cm³/mol. The summed E-state index contributed by atoms with van der Waals surface area (Å²) in [4.78, 5) is 15.6. The van der Waals surface area contributed by atoms with Crippen LogP contribution in [0.1, 0.15) is 36.2 Å². The van der Waals surface area contributed by atoms with Gasteiger partial charge in [0.15, 0.2) is 11.5 Å². The van der Waals surface area contributed by atoms with E-state index in [0.29, 0.717) is 42.1 Å². The second-order valence-corrected chi connectivity index (χ2v) is 9.08. The van der Waals surface area contributed by atoms with Gasteiger partial charge in [0.1, 0.15) is 0 Å². The van der Waals surface area contributed by atoms with E-state index in [0.717, 1.165) is 32.5 Å². The minimum atomic E-state index is 0.0414. The third kappa shape index (κ3) is 6.95. The molecule has 33 heavy (non-hydrogen) atoms. The van der Waals surface area contributed by atoms with Gasteiger partial charge in [-0.3, -0.25) is 4.79 Å². The highest BCUT2D eigenvalue weighted by Crippen LogP contribution is 2.29. The van der Waals surface area contributed by atoms with Crippen LogP contribution in [-0.4, -0.2) is 63.9 Å². The van der Waals surface area contributed by atoms with Crippen LogP contribution in [-0.2, 0) is 11.2 Å². The van der Waals surface area contributed by atoms with Crippen molar-refractivity contribution in [2.45, 2.75) is 32.7 Å². The highest BCUT2D eigenvalue weighted by Gasteiger charge is 2.34. The first kappa shape index (κ1) is 25.1. The number of hydrogen-bond donors (Lipinski definition) is 1. The highest BCUT2D eigenvalue weighted by molar-refractivity contribution is 5.95. The minimum Gasteiger partial charge on any atom is -0.493 e. The molecule has 1 fully saturated rings. The maximum atomic E-state index is 13.6. The molecule has 0 aliphatic carbocycles. The van der Waals surface area contributed by atoms with Gasteiger partial charge in [-0.1, -0.05) is 30.3 Å². The average Bonchev–Trinajstić information content (AvgIpc) is 3.26. The van der Waals surface area contributed by atoms with E-state index < -0.39 is 0 Å². The number of rotatable bonds is 12. The first-order valence-corrected chi connectivity index (χ1v) is 12.0. The summed E-state index contributed by atoms with van der Waals surface area (Å²) >= 11 is 0. The van der Waals surface area contributed by atoms with Gasteiger partial charge in [-0.15, -0.1) is 0 Å². The van der Waals surface area contributed by atoms with Gasteiger partial charge < -0.3 is 24.4 Å². The molecule has 6 nitrogen and oxygen atoms in total. The molecule has 2 N–H and O–H groups in total. The molecule has 0 saturated carbocycles. The molecule has 1 saturated heterocycles. The number of benzene rings is 2. The number of carbonyl (C=O) groups is 1. The molecule has 2 aromatic rings.